The molecule has 0 radical (unpaired) electrons. The third kappa shape index (κ3) is 7.51. The number of sulfone groups is 1. The van der Waals surface area contributed by atoms with Crippen LogP contribution in [-0.2, 0) is 24.7 Å². The number of amides is 1. The summed E-state index contributed by atoms with van der Waals surface area (Å²) in [4.78, 5) is 14.8. The Morgan fingerprint density at radius 3 is 2.28 bits per heavy atom. The standard InChI is InChI=1S/C43H73N3O5S2/c1-30(2)32-15-20-43(44-23-24-46-25-27-53(50,51)28-26-46)22-21-41(8)33(37(32)43)11-12-35-40(7)18-14-31(39(5,6)34(40)16-19-42(35,41)9)13-17-38(3,4)29-36(47)45-52(10,48)49/h14,32-35,37,44H,1,11-13,15-29H2,2-10H3,(H,45,47)/t32-,33+,34-,35+,37+,40-,41+,42+,43-/m0/s1. The van der Waals surface area contributed by atoms with Crippen molar-refractivity contribution in [3.8, 4) is 0 Å². The summed E-state index contributed by atoms with van der Waals surface area (Å²) in [6, 6.07) is 0. The van der Waals surface area contributed by atoms with Crippen molar-refractivity contribution in [2.45, 2.75) is 138 Å². The lowest BCUT2D eigenvalue weighted by Gasteiger charge is -2.72. The molecule has 1 amide bonds. The number of nitrogens with zero attached hydrogens (tertiary/aromatic N) is 1. The lowest BCUT2D eigenvalue weighted by atomic mass is 9.33. The molecule has 302 valence electrons. The fourth-order valence-corrected chi connectivity index (χ4v) is 16.0. The van der Waals surface area contributed by atoms with Crippen LogP contribution in [0.25, 0.3) is 0 Å². The van der Waals surface area contributed by atoms with E-state index in [9.17, 15) is 21.6 Å². The van der Waals surface area contributed by atoms with Gasteiger partial charge in [0, 0.05) is 38.1 Å². The van der Waals surface area contributed by atoms with Crippen molar-refractivity contribution in [2.75, 3.05) is 43.9 Å². The lowest BCUT2D eigenvalue weighted by Crippen LogP contribution is -2.68. The Balaban J connectivity index is 1.19. The Hall–Kier alpha value is -1.23. The van der Waals surface area contributed by atoms with E-state index in [1.54, 1.807) is 0 Å². The van der Waals surface area contributed by atoms with Gasteiger partial charge in [0.2, 0.25) is 15.9 Å². The normalized spacial score (nSPS) is 40.9. The van der Waals surface area contributed by atoms with Crippen LogP contribution >= 0.6 is 0 Å². The number of nitrogens with one attached hydrogen (secondary N) is 2. The second-order valence-electron chi connectivity index (χ2n) is 21.1. The molecular formula is C43H73N3O5S2. The first kappa shape index (κ1) is 41.4. The fraction of sp³-hybridized carbons (Fsp3) is 0.884. The van der Waals surface area contributed by atoms with E-state index >= 15 is 0 Å². The molecule has 2 N–H and O–H groups in total. The number of allylic oxidation sites excluding steroid dienone is 3. The molecule has 1 aliphatic heterocycles. The maximum absolute atomic E-state index is 12.5. The summed E-state index contributed by atoms with van der Waals surface area (Å²) in [5.74, 6) is 3.26. The van der Waals surface area contributed by atoms with Gasteiger partial charge in [0.1, 0.15) is 0 Å². The molecule has 0 aromatic carbocycles. The van der Waals surface area contributed by atoms with Gasteiger partial charge in [0.25, 0.3) is 0 Å². The lowest BCUT2D eigenvalue weighted by molar-refractivity contribution is -0.221. The Bertz CT molecular complexity index is 1690. The van der Waals surface area contributed by atoms with Crippen molar-refractivity contribution in [2.24, 2.45) is 56.7 Å². The van der Waals surface area contributed by atoms with E-state index in [-0.39, 0.29) is 39.0 Å². The highest BCUT2D eigenvalue weighted by Crippen LogP contribution is 2.76. The summed E-state index contributed by atoms with van der Waals surface area (Å²) in [5, 5.41) is 4.21. The van der Waals surface area contributed by atoms with Gasteiger partial charge < -0.3 is 10.2 Å². The number of carbonyl (C=O) groups is 1. The Morgan fingerprint density at radius 2 is 1.64 bits per heavy atom. The largest absolute Gasteiger partial charge is 0.310 e. The smallest absolute Gasteiger partial charge is 0.233 e. The zero-order valence-corrected chi connectivity index (χ0v) is 36.3. The van der Waals surface area contributed by atoms with Gasteiger partial charge >= 0.3 is 0 Å². The maximum atomic E-state index is 12.5. The highest BCUT2D eigenvalue weighted by molar-refractivity contribution is 7.91. The van der Waals surface area contributed by atoms with Crippen molar-refractivity contribution < 1.29 is 21.6 Å². The van der Waals surface area contributed by atoms with Gasteiger partial charge in [-0.1, -0.05) is 72.3 Å². The molecule has 8 nitrogen and oxygen atoms in total. The third-order valence-electron chi connectivity index (χ3n) is 17.2. The number of sulfonamides is 1. The van der Waals surface area contributed by atoms with Crippen molar-refractivity contribution >= 4 is 25.8 Å². The highest BCUT2D eigenvalue weighted by Gasteiger charge is 2.70. The summed E-state index contributed by atoms with van der Waals surface area (Å²) >= 11 is 0. The Kier molecular flexibility index (Phi) is 10.9. The van der Waals surface area contributed by atoms with E-state index in [1.807, 2.05) is 0 Å². The van der Waals surface area contributed by atoms with Gasteiger partial charge in [0.05, 0.1) is 17.8 Å². The Morgan fingerprint density at radius 1 is 0.962 bits per heavy atom. The quantitative estimate of drug-likeness (QED) is 0.209. The van der Waals surface area contributed by atoms with Crippen molar-refractivity contribution in [3.05, 3.63) is 23.8 Å². The van der Waals surface area contributed by atoms with E-state index in [0.717, 1.165) is 38.6 Å². The first-order valence-electron chi connectivity index (χ1n) is 20.9. The van der Waals surface area contributed by atoms with Crippen LogP contribution in [0.15, 0.2) is 23.8 Å². The molecular weight excluding hydrogens is 703 g/mol. The average Bonchev–Trinajstić information content (AvgIpc) is 3.40. The number of rotatable bonds is 11. The molecule has 9 atom stereocenters. The number of hydrogen-bond donors (Lipinski definition) is 2. The second-order valence-corrected chi connectivity index (χ2v) is 25.1. The van der Waals surface area contributed by atoms with Crippen molar-refractivity contribution in [1.82, 2.24) is 14.9 Å². The van der Waals surface area contributed by atoms with E-state index < -0.39 is 25.8 Å². The minimum absolute atomic E-state index is 0.0673. The van der Waals surface area contributed by atoms with E-state index in [2.05, 4.69) is 83.0 Å². The predicted molar refractivity (Wildman–Crippen MR) is 216 cm³/mol. The molecule has 5 aliphatic carbocycles. The summed E-state index contributed by atoms with van der Waals surface area (Å²) in [5.41, 5.74) is 3.56. The minimum Gasteiger partial charge on any atom is -0.310 e. The number of hydrogen-bond acceptors (Lipinski definition) is 7. The van der Waals surface area contributed by atoms with Gasteiger partial charge in [-0.25, -0.2) is 16.8 Å². The van der Waals surface area contributed by atoms with Crippen molar-refractivity contribution in [3.63, 3.8) is 0 Å². The monoisotopic (exact) mass is 775 g/mol. The molecule has 0 aromatic heterocycles. The molecule has 0 spiro atoms. The maximum Gasteiger partial charge on any atom is 0.233 e. The zero-order valence-electron chi connectivity index (χ0n) is 34.7. The topological polar surface area (TPSA) is 113 Å². The van der Waals surface area contributed by atoms with Crippen molar-refractivity contribution in [1.29, 1.82) is 0 Å². The van der Waals surface area contributed by atoms with Crippen LogP contribution in [-0.4, -0.2) is 77.1 Å². The van der Waals surface area contributed by atoms with Crippen LogP contribution < -0.4 is 10.0 Å². The van der Waals surface area contributed by atoms with Gasteiger partial charge in [-0.2, -0.15) is 0 Å². The van der Waals surface area contributed by atoms with Crippen LogP contribution in [0.5, 0.6) is 0 Å². The first-order valence-corrected chi connectivity index (χ1v) is 24.6. The minimum atomic E-state index is -3.56. The predicted octanol–water partition coefficient (Wildman–Crippen LogP) is 7.53. The van der Waals surface area contributed by atoms with Gasteiger partial charge in [-0.15, -0.1) is 0 Å². The van der Waals surface area contributed by atoms with Gasteiger partial charge in [-0.3, -0.25) is 9.52 Å². The number of fused-ring (bicyclic) bond motifs is 7. The summed E-state index contributed by atoms with van der Waals surface area (Å²) in [6.45, 7) is 27.2. The van der Waals surface area contributed by atoms with Crippen LogP contribution in [0.4, 0.5) is 0 Å². The summed E-state index contributed by atoms with van der Waals surface area (Å²) in [6.07, 6.45) is 16.8. The van der Waals surface area contributed by atoms with Crippen LogP contribution in [0.3, 0.4) is 0 Å². The molecule has 0 bridgehead atoms. The average molecular weight is 776 g/mol. The SMILES string of the molecule is C=C(C)[C@@H]1CC[C@]2(NCCN3CCS(=O)(=O)CC3)CC[C@]3(C)[C@H](CC[C@@H]4[C@@]5(C)CC=C(CCC(C)(C)CC(=O)NS(C)(=O)=O)C(C)(C)[C@@H]5CC[C@]43C)[C@@H]12. The molecule has 1 heterocycles. The van der Waals surface area contributed by atoms with E-state index in [4.69, 9.17) is 0 Å². The van der Waals surface area contributed by atoms with Crippen LogP contribution in [0.1, 0.15) is 132 Å². The molecule has 5 fully saturated rings. The zero-order chi connectivity index (χ0) is 39.0. The van der Waals surface area contributed by atoms with Gasteiger partial charge in [-0.05, 0) is 134 Å². The van der Waals surface area contributed by atoms with Crippen LogP contribution in [0.2, 0.25) is 0 Å². The fourth-order valence-electron chi connectivity index (χ4n) is 14.2. The van der Waals surface area contributed by atoms with E-state index in [0.29, 0.717) is 54.2 Å². The number of carbonyl (C=O) groups excluding carboxylic acids is 1. The highest BCUT2D eigenvalue weighted by atomic mass is 32.2. The molecule has 6 aliphatic rings. The molecule has 1 saturated heterocycles. The molecule has 6 rings (SSSR count). The third-order valence-corrected chi connectivity index (χ3v) is 19.4. The van der Waals surface area contributed by atoms with Gasteiger partial charge in [0.15, 0.2) is 9.84 Å². The first-order chi connectivity index (χ1) is 24.4. The van der Waals surface area contributed by atoms with E-state index in [1.165, 1.54) is 62.5 Å². The molecule has 53 heavy (non-hydrogen) atoms. The molecule has 4 saturated carbocycles. The molecule has 0 unspecified atom stereocenters. The van der Waals surface area contributed by atoms with Crippen LogP contribution in [0, 0.1) is 56.7 Å². The Labute approximate surface area is 323 Å². The summed E-state index contributed by atoms with van der Waals surface area (Å²) < 4.78 is 49.5. The molecule has 0 aromatic rings. The summed E-state index contributed by atoms with van der Waals surface area (Å²) in [7, 11) is -6.43. The molecule has 10 heteroatoms. The second kappa shape index (κ2) is 14.0.